The number of halogens is 1. The highest BCUT2D eigenvalue weighted by Crippen LogP contribution is 2.31. The fourth-order valence-electron chi connectivity index (χ4n) is 4.20. The summed E-state index contributed by atoms with van der Waals surface area (Å²) in [6.07, 6.45) is 5.57. The second kappa shape index (κ2) is 13.1. The van der Waals surface area contributed by atoms with Gasteiger partial charge in [0.15, 0.2) is 16.7 Å². The standard InChI is InChI=1S/C24H32FN3O5S2/c1-15-5-8-17(9-6-15)28(24(32)27-23-26-13-22(35-23)34-14-21(30)31)11-3-4-19(29)16-7-10-20(33-2)18(25)12-16/h7,10,12-13,15,17,19,29H,3-6,8-9,11,14H2,1-2H3,(H,30,31)(H,26,27,32)/t15-,17-,19?. The zero-order chi connectivity index (χ0) is 25.4. The minimum absolute atomic E-state index is 0.0671. The van der Waals surface area contributed by atoms with Gasteiger partial charge in [-0.1, -0.05) is 24.3 Å². The van der Waals surface area contributed by atoms with Crippen molar-refractivity contribution >= 4 is 40.2 Å². The van der Waals surface area contributed by atoms with Gasteiger partial charge in [0.05, 0.1) is 29.4 Å². The van der Waals surface area contributed by atoms with E-state index >= 15 is 0 Å². The maximum Gasteiger partial charge on any atom is 0.323 e. The number of aliphatic hydroxyl groups is 1. The normalized spacial score (nSPS) is 18.6. The van der Waals surface area contributed by atoms with E-state index in [2.05, 4.69) is 17.2 Å². The summed E-state index contributed by atoms with van der Waals surface area (Å²) in [6.45, 7) is 2.67. The van der Waals surface area contributed by atoms with Gasteiger partial charge in [-0.3, -0.25) is 10.1 Å². The Morgan fingerprint density at radius 3 is 2.74 bits per heavy atom. The first kappa shape index (κ1) is 27.2. The summed E-state index contributed by atoms with van der Waals surface area (Å²) in [5, 5.41) is 22.7. The number of aliphatic hydroxyl groups excluding tert-OH is 1. The van der Waals surface area contributed by atoms with Crippen molar-refractivity contribution in [3.05, 3.63) is 35.8 Å². The molecule has 0 saturated heterocycles. The van der Waals surface area contributed by atoms with Crippen LogP contribution in [0.4, 0.5) is 14.3 Å². The Bertz CT molecular complexity index is 997. The van der Waals surface area contributed by atoms with Crippen molar-refractivity contribution in [2.24, 2.45) is 5.92 Å². The Balaban J connectivity index is 1.60. The number of urea groups is 1. The smallest absolute Gasteiger partial charge is 0.323 e. The molecule has 192 valence electrons. The highest BCUT2D eigenvalue weighted by Gasteiger charge is 2.28. The number of anilines is 1. The second-order valence-electron chi connectivity index (χ2n) is 8.76. The second-order valence-corrected chi connectivity index (χ2v) is 11.1. The van der Waals surface area contributed by atoms with Crippen LogP contribution in [0, 0.1) is 11.7 Å². The summed E-state index contributed by atoms with van der Waals surface area (Å²) < 4.78 is 19.7. The molecule has 1 atom stereocenters. The van der Waals surface area contributed by atoms with Crippen molar-refractivity contribution in [2.75, 3.05) is 24.7 Å². The first-order valence-corrected chi connectivity index (χ1v) is 13.5. The van der Waals surface area contributed by atoms with Crippen LogP contribution in [0.5, 0.6) is 5.75 Å². The number of carboxylic acid groups (broad SMARTS) is 1. The van der Waals surface area contributed by atoms with Gasteiger partial charge < -0.3 is 19.8 Å². The van der Waals surface area contributed by atoms with Crippen LogP contribution in [0.1, 0.15) is 57.1 Å². The Morgan fingerprint density at radius 2 is 2.09 bits per heavy atom. The van der Waals surface area contributed by atoms with E-state index in [-0.39, 0.29) is 23.6 Å². The molecular formula is C24H32FN3O5S2. The van der Waals surface area contributed by atoms with Gasteiger partial charge >= 0.3 is 12.0 Å². The van der Waals surface area contributed by atoms with E-state index in [0.29, 0.717) is 36.0 Å². The van der Waals surface area contributed by atoms with Crippen LogP contribution >= 0.6 is 23.1 Å². The van der Waals surface area contributed by atoms with E-state index in [4.69, 9.17) is 9.84 Å². The molecule has 1 aliphatic rings. The molecule has 3 N–H and O–H groups in total. The van der Waals surface area contributed by atoms with E-state index in [1.165, 1.54) is 30.6 Å². The number of ether oxygens (including phenoxy) is 1. The van der Waals surface area contributed by atoms with Crippen LogP contribution < -0.4 is 10.1 Å². The molecule has 2 amide bonds. The van der Waals surface area contributed by atoms with Gasteiger partial charge in [0.2, 0.25) is 0 Å². The predicted octanol–water partition coefficient (Wildman–Crippen LogP) is 5.39. The van der Waals surface area contributed by atoms with E-state index in [0.717, 1.165) is 41.7 Å². The number of thioether (sulfide) groups is 1. The molecule has 1 aromatic heterocycles. The molecule has 1 unspecified atom stereocenters. The Hall–Kier alpha value is -2.37. The number of nitrogens with zero attached hydrogens (tertiary/aromatic N) is 2. The van der Waals surface area contributed by atoms with Crippen LogP contribution in [0.3, 0.4) is 0 Å². The third-order valence-corrected chi connectivity index (χ3v) is 8.25. The molecule has 0 bridgehead atoms. The lowest BCUT2D eigenvalue weighted by atomic mass is 9.86. The number of carbonyl (C=O) groups excluding carboxylic acids is 1. The average molecular weight is 526 g/mol. The van der Waals surface area contributed by atoms with E-state index in [1.807, 2.05) is 4.90 Å². The van der Waals surface area contributed by atoms with E-state index in [9.17, 15) is 19.1 Å². The molecular weight excluding hydrogens is 493 g/mol. The van der Waals surface area contributed by atoms with Crippen LogP contribution in [0.15, 0.2) is 28.6 Å². The molecule has 2 aromatic rings. The van der Waals surface area contributed by atoms with Crippen molar-refractivity contribution in [3.63, 3.8) is 0 Å². The van der Waals surface area contributed by atoms with Crippen LogP contribution in [-0.4, -0.2) is 57.5 Å². The summed E-state index contributed by atoms with van der Waals surface area (Å²) in [6, 6.07) is 4.26. The van der Waals surface area contributed by atoms with Gasteiger partial charge in [-0.25, -0.2) is 14.2 Å². The lowest BCUT2D eigenvalue weighted by molar-refractivity contribution is -0.133. The Kier molecular flexibility index (Phi) is 10.2. The minimum atomic E-state index is -0.911. The van der Waals surface area contributed by atoms with Gasteiger partial charge in [0.1, 0.15) is 0 Å². The highest BCUT2D eigenvalue weighted by molar-refractivity contribution is 8.01. The zero-order valence-corrected chi connectivity index (χ0v) is 21.5. The third kappa shape index (κ3) is 8.08. The van der Waals surface area contributed by atoms with Gasteiger partial charge in [-0.2, -0.15) is 0 Å². The van der Waals surface area contributed by atoms with Crippen molar-refractivity contribution < 1.29 is 28.9 Å². The fourth-order valence-corrected chi connectivity index (χ4v) is 5.78. The number of carboxylic acids is 1. The van der Waals surface area contributed by atoms with Crippen molar-refractivity contribution in [1.29, 1.82) is 0 Å². The quantitative estimate of drug-likeness (QED) is 0.337. The lowest BCUT2D eigenvalue weighted by Gasteiger charge is -2.36. The molecule has 1 saturated carbocycles. The molecule has 0 aliphatic heterocycles. The topological polar surface area (TPSA) is 112 Å². The Morgan fingerprint density at radius 1 is 1.34 bits per heavy atom. The number of benzene rings is 1. The number of rotatable bonds is 11. The number of aromatic nitrogens is 1. The molecule has 8 nitrogen and oxygen atoms in total. The summed E-state index contributed by atoms with van der Waals surface area (Å²) in [7, 11) is 1.39. The lowest BCUT2D eigenvalue weighted by Crippen LogP contribution is -2.45. The van der Waals surface area contributed by atoms with Gasteiger partial charge in [-0.15, -0.1) is 11.8 Å². The Labute approximate surface area is 212 Å². The molecule has 1 fully saturated rings. The van der Waals surface area contributed by atoms with Crippen molar-refractivity contribution in [2.45, 2.75) is 61.8 Å². The number of hydrogen-bond acceptors (Lipinski definition) is 7. The summed E-state index contributed by atoms with van der Waals surface area (Å²) in [5.74, 6) is -0.739. The van der Waals surface area contributed by atoms with E-state index < -0.39 is 17.9 Å². The molecule has 0 radical (unpaired) electrons. The number of aliphatic carboxylic acids is 1. The molecule has 1 aromatic carbocycles. The largest absolute Gasteiger partial charge is 0.494 e. The average Bonchev–Trinajstić information content (AvgIpc) is 3.28. The monoisotopic (exact) mass is 525 g/mol. The van der Waals surface area contributed by atoms with Gasteiger partial charge in [0, 0.05) is 12.6 Å². The number of hydrogen-bond donors (Lipinski definition) is 3. The highest BCUT2D eigenvalue weighted by atomic mass is 32.2. The SMILES string of the molecule is COc1ccc(C(O)CCCN(C(=O)Nc2ncc(SCC(=O)O)s2)[C@H]2CC[C@H](C)CC2)cc1F. The van der Waals surface area contributed by atoms with Gasteiger partial charge in [-0.05, 0) is 62.1 Å². The fraction of sp³-hybridized carbons (Fsp3) is 0.542. The number of thiazole rings is 1. The summed E-state index contributed by atoms with van der Waals surface area (Å²) in [5.41, 5.74) is 0.472. The predicted molar refractivity (Wildman–Crippen MR) is 135 cm³/mol. The summed E-state index contributed by atoms with van der Waals surface area (Å²) >= 11 is 2.40. The number of nitrogens with one attached hydrogen (secondary N) is 1. The van der Waals surface area contributed by atoms with E-state index in [1.54, 1.807) is 12.3 Å². The third-order valence-electron chi connectivity index (χ3n) is 6.16. The first-order chi connectivity index (χ1) is 16.8. The number of methoxy groups -OCH3 is 1. The molecule has 35 heavy (non-hydrogen) atoms. The molecule has 1 aliphatic carbocycles. The maximum absolute atomic E-state index is 14.0. The summed E-state index contributed by atoms with van der Waals surface area (Å²) in [4.78, 5) is 30.0. The molecule has 11 heteroatoms. The minimum Gasteiger partial charge on any atom is -0.494 e. The number of carbonyl (C=O) groups is 2. The maximum atomic E-state index is 14.0. The van der Waals surface area contributed by atoms with Crippen LogP contribution in [-0.2, 0) is 4.79 Å². The molecule has 3 rings (SSSR count). The van der Waals surface area contributed by atoms with Crippen molar-refractivity contribution in [3.8, 4) is 5.75 Å². The molecule has 0 spiro atoms. The van der Waals surface area contributed by atoms with Crippen LogP contribution in [0.2, 0.25) is 0 Å². The van der Waals surface area contributed by atoms with Gasteiger partial charge in [0.25, 0.3) is 0 Å². The zero-order valence-electron chi connectivity index (χ0n) is 19.9. The number of amides is 2. The molecule has 1 heterocycles. The van der Waals surface area contributed by atoms with Crippen LogP contribution in [0.25, 0.3) is 0 Å². The first-order valence-electron chi connectivity index (χ1n) is 11.7. The van der Waals surface area contributed by atoms with Crippen molar-refractivity contribution in [1.82, 2.24) is 9.88 Å².